The summed E-state index contributed by atoms with van der Waals surface area (Å²) in [4.78, 5) is 27.3. The highest BCUT2D eigenvalue weighted by molar-refractivity contribution is 7.89. The molecule has 0 bridgehead atoms. The van der Waals surface area contributed by atoms with Crippen molar-refractivity contribution < 1.29 is 18.0 Å². The van der Waals surface area contributed by atoms with Crippen molar-refractivity contribution >= 4 is 27.5 Å². The number of hydrogen-bond acceptors (Lipinski definition) is 4. The molecule has 2 amide bonds. The van der Waals surface area contributed by atoms with Crippen LogP contribution in [0.25, 0.3) is 0 Å². The molecule has 0 spiro atoms. The van der Waals surface area contributed by atoms with Gasteiger partial charge in [-0.25, -0.2) is 8.42 Å². The van der Waals surface area contributed by atoms with Gasteiger partial charge in [0.05, 0.1) is 0 Å². The van der Waals surface area contributed by atoms with Gasteiger partial charge in [0.2, 0.25) is 15.9 Å². The van der Waals surface area contributed by atoms with Crippen molar-refractivity contribution in [3.8, 4) is 0 Å². The Hall–Kier alpha value is -2.65. The Morgan fingerprint density at radius 2 is 1.72 bits per heavy atom. The molecule has 2 aromatic rings. The number of hydrogen-bond donors (Lipinski definition) is 1. The van der Waals surface area contributed by atoms with Crippen LogP contribution in [0.1, 0.15) is 41.7 Å². The van der Waals surface area contributed by atoms with Crippen LogP contribution in [-0.2, 0) is 21.9 Å². The third-order valence-electron chi connectivity index (χ3n) is 6.34. The number of likely N-dealkylation sites (tertiary alicyclic amines) is 1. The molecule has 1 aromatic carbocycles. The highest BCUT2D eigenvalue weighted by atomic mass is 32.2. The van der Waals surface area contributed by atoms with Gasteiger partial charge < -0.3 is 14.8 Å². The summed E-state index contributed by atoms with van der Waals surface area (Å²) in [5, 5.41) is 2.94. The van der Waals surface area contributed by atoms with Gasteiger partial charge in [0.25, 0.3) is 5.91 Å². The minimum Gasteiger partial charge on any atom is -0.345 e. The van der Waals surface area contributed by atoms with Crippen LogP contribution in [0.15, 0.2) is 41.4 Å². The van der Waals surface area contributed by atoms with E-state index in [1.54, 1.807) is 16.5 Å². The number of piperidine rings is 1. The molecule has 2 aliphatic rings. The molecule has 0 saturated carbocycles. The minimum absolute atomic E-state index is 0.0779. The van der Waals surface area contributed by atoms with Gasteiger partial charge in [-0.3, -0.25) is 9.59 Å². The van der Waals surface area contributed by atoms with Crippen molar-refractivity contribution in [3.05, 3.63) is 47.8 Å². The van der Waals surface area contributed by atoms with Gasteiger partial charge >= 0.3 is 0 Å². The summed E-state index contributed by atoms with van der Waals surface area (Å²) in [5.74, 6) is -0.436. The largest absolute Gasteiger partial charge is 0.345 e. The van der Waals surface area contributed by atoms with Crippen molar-refractivity contribution in [3.63, 3.8) is 0 Å². The third-order valence-corrected chi connectivity index (χ3v) is 8.20. The molecule has 3 heterocycles. The van der Waals surface area contributed by atoms with Crippen molar-refractivity contribution in [1.29, 1.82) is 0 Å². The van der Waals surface area contributed by atoms with Crippen molar-refractivity contribution in [2.75, 3.05) is 31.5 Å². The smallest absolute Gasteiger partial charge is 0.270 e. The van der Waals surface area contributed by atoms with Crippen LogP contribution in [-0.4, -0.2) is 60.2 Å². The Morgan fingerprint density at radius 3 is 2.38 bits per heavy atom. The number of benzene rings is 1. The molecule has 2 fully saturated rings. The first-order chi connectivity index (χ1) is 15.3. The second kappa shape index (κ2) is 9.07. The van der Waals surface area contributed by atoms with Gasteiger partial charge in [-0.15, -0.1) is 0 Å². The van der Waals surface area contributed by atoms with E-state index in [0.717, 1.165) is 24.1 Å². The first-order valence-corrected chi connectivity index (χ1v) is 12.5. The van der Waals surface area contributed by atoms with E-state index in [1.165, 1.54) is 16.6 Å². The fraction of sp³-hybridized carbons (Fsp3) is 0.478. The molecular weight excluding hydrogens is 428 g/mol. The van der Waals surface area contributed by atoms with Crippen LogP contribution < -0.4 is 5.32 Å². The minimum atomic E-state index is -3.72. The Morgan fingerprint density at radius 1 is 1.03 bits per heavy atom. The van der Waals surface area contributed by atoms with Crippen LogP contribution in [0.2, 0.25) is 0 Å². The maximum absolute atomic E-state index is 13.2. The van der Waals surface area contributed by atoms with E-state index in [1.807, 2.05) is 31.2 Å². The lowest BCUT2D eigenvalue weighted by Gasteiger charge is -2.30. The summed E-state index contributed by atoms with van der Waals surface area (Å²) in [6, 6.07) is 9.09. The molecule has 0 aliphatic carbocycles. The SMILES string of the molecule is Cc1cccc(NC(=O)C2CCN(S(=O)(=O)c3cc(C(=O)N4CCCC4)n(C)c3)CC2)c1. The monoisotopic (exact) mass is 458 g/mol. The first-order valence-electron chi connectivity index (χ1n) is 11.1. The Bertz CT molecular complexity index is 1110. The lowest BCUT2D eigenvalue weighted by atomic mass is 9.97. The van der Waals surface area contributed by atoms with E-state index in [-0.39, 0.29) is 35.7 Å². The van der Waals surface area contributed by atoms with Gasteiger partial charge in [-0.05, 0) is 56.4 Å². The topological polar surface area (TPSA) is 91.7 Å². The number of anilines is 1. The maximum atomic E-state index is 13.2. The van der Waals surface area contributed by atoms with Crippen molar-refractivity contribution in [1.82, 2.24) is 13.8 Å². The van der Waals surface area contributed by atoms with Gasteiger partial charge in [0.15, 0.2) is 0 Å². The van der Waals surface area contributed by atoms with Crippen LogP contribution in [0.3, 0.4) is 0 Å². The van der Waals surface area contributed by atoms with Crippen molar-refractivity contribution in [2.24, 2.45) is 13.0 Å². The second-order valence-electron chi connectivity index (χ2n) is 8.71. The predicted molar refractivity (Wildman–Crippen MR) is 122 cm³/mol. The molecule has 2 aliphatic heterocycles. The average molecular weight is 459 g/mol. The third kappa shape index (κ3) is 4.59. The number of aryl methyl sites for hydroxylation is 2. The number of aromatic nitrogens is 1. The average Bonchev–Trinajstić information content (AvgIpc) is 3.44. The van der Waals surface area contributed by atoms with Gasteiger partial charge in [-0.1, -0.05) is 12.1 Å². The zero-order chi connectivity index (χ0) is 22.9. The molecular formula is C23H30N4O4S. The molecule has 9 heteroatoms. The van der Waals surface area contributed by atoms with Crippen LogP contribution in [0.4, 0.5) is 5.69 Å². The van der Waals surface area contributed by atoms with E-state index in [4.69, 9.17) is 0 Å². The summed E-state index contributed by atoms with van der Waals surface area (Å²) >= 11 is 0. The molecule has 0 unspecified atom stereocenters. The van der Waals surface area contributed by atoms with E-state index < -0.39 is 10.0 Å². The van der Waals surface area contributed by atoms with E-state index in [9.17, 15) is 18.0 Å². The van der Waals surface area contributed by atoms with Crippen molar-refractivity contribution in [2.45, 2.75) is 37.5 Å². The van der Waals surface area contributed by atoms with E-state index in [0.29, 0.717) is 31.6 Å². The Labute approximate surface area is 189 Å². The molecule has 1 N–H and O–H groups in total. The lowest BCUT2D eigenvalue weighted by Crippen LogP contribution is -2.41. The summed E-state index contributed by atoms with van der Waals surface area (Å²) < 4.78 is 29.4. The fourth-order valence-electron chi connectivity index (χ4n) is 4.44. The number of sulfonamides is 1. The Balaban J connectivity index is 1.40. The second-order valence-corrected chi connectivity index (χ2v) is 10.6. The van der Waals surface area contributed by atoms with E-state index >= 15 is 0 Å². The number of nitrogens with one attached hydrogen (secondary N) is 1. The zero-order valence-electron chi connectivity index (χ0n) is 18.6. The molecule has 32 heavy (non-hydrogen) atoms. The first kappa shape index (κ1) is 22.5. The summed E-state index contributed by atoms with van der Waals surface area (Å²) in [5.41, 5.74) is 2.21. The molecule has 2 saturated heterocycles. The number of rotatable bonds is 5. The van der Waals surface area contributed by atoms with Gasteiger partial charge in [0.1, 0.15) is 10.6 Å². The summed E-state index contributed by atoms with van der Waals surface area (Å²) in [6.45, 7) is 3.94. The molecule has 0 radical (unpaired) electrons. The highest BCUT2D eigenvalue weighted by Crippen LogP contribution is 2.26. The standard InChI is InChI=1S/C23H30N4O4S/c1-17-6-5-7-19(14-17)24-22(28)18-8-12-27(13-9-18)32(30,31)20-15-21(25(2)16-20)23(29)26-10-3-4-11-26/h5-7,14-16,18H,3-4,8-13H2,1-2H3,(H,24,28). The molecule has 4 rings (SSSR count). The maximum Gasteiger partial charge on any atom is 0.270 e. The van der Waals surface area contributed by atoms with E-state index in [2.05, 4.69) is 5.32 Å². The van der Waals surface area contributed by atoms with Crippen LogP contribution in [0, 0.1) is 12.8 Å². The van der Waals surface area contributed by atoms with Crippen LogP contribution in [0.5, 0.6) is 0 Å². The quantitative estimate of drug-likeness (QED) is 0.746. The molecule has 8 nitrogen and oxygen atoms in total. The molecule has 1 aromatic heterocycles. The molecule has 0 atom stereocenters. The normalized spacial score (nSPS) is 18.1. The fourth-order valence-corrected chi connectivity index (χ4v) is 5.99. The van der Waals surface area contributed by atoms with Gasteiger partial charge in [0, 0.05) is 51.0 Å². The molecule has 172 valence electrons. The summed E-state index contributed by atoms with van der Waals surface area (Å²) in [6.07, 6.45) is 4.39. The summed E-state index contributed by atoms with van der Waals surface area (Å²) in [7, 11) is -2.03. The number of amides is 2. The number of carbonyl (C=O) groups is 2. The zero-order valence-corrected chi connectivity index (χ0v) is 19.4. The number of carbonyl (C=O) groups excluding carboxylic acids is 2. The van der Waals surface area contributed by atoms with Gasteiger partial charge in [-0.2, -0.15) is 4.31 Å². The number of nitrogens with zero attached hydrogens (tertiary/aromatic N) is 3. The highest BCUT2D eigenvalue weighted by Gasteiger charge is 2.34. The van der Waals surface area contributed by atoms with Crippen LogP contribution >= 0.6 is 0 Å². The predicted octanol–water partition coefficient (Wildman–Crippen LogP) is 2.61. The Kier molecular flexibility index (Phi) is 6.39. The lowest BCUT2D eigenvalue weighted by molar-refractivity contribution is -0.120.